The summed E-state index contributed by atoms with van der Waals surface area (Å²) in [6.45, 7) is 3.52. The highest BCUT2D eigenvalue weighted by molar-refractivity contribution is 7.94. The molecule has 0 aliphatic carbocycles. The monoisotopic (exact) mass is 364 g/mol. The molecule has 1 aliphatic heterocycles. The van der Waals surface area contributed by atoms with Crippen molar-refractivity contribution in [1.29, 1.82) is 0 Å². The zero-order valence-electron chi connectivity index (χ0n) is 13.5. The van der Waals surface area contributed by atoms with Crippen LogP contribution in [0, 0.1) is 0 Å². The first-order valence-corrected chi connectivity index (χ1v) is 10.3. The Bertz CT molecular complexity index is 837. The number of benzene rings is 1. The van der Waals surface area contributed by atoms with Crippen LogP contribution in [0.4, 0.5) is 5.69 Å². The Balaban J connectivity index is 1.78. The molecule has 1 aromatic heterocycles. The van der Waals surface area contributed by atoms with Crippen LogP contribution < -0.4 is 4.72 Å². The van der Waals surface area contributed by atoms with Crippen LogP contribution in [0.15, 0.2) is 40.6 Å². The normalized spacial score (nSPS) is 14.8. The van der Waals surface area contributed by atoms with Gasteiger partial charge in [-0.2, -0.15) is 0 Å². The molecule has 0 saturated carbocycles. The third-order valence-electron chi connectivity index (χ3n) is 4.04. The van der Waals surface area contributed by atoms with Gasteiger partial charge in [0, 0.05) is 18.8 Å². The highest BCUT2D eigenvalue weighted by Gasteiger charge is 2.24. The highest BCUT2D eigenvalue weighted by atomic mass is 32.2. The number of rotatable bonds is 5. The van der Waals surface area contributed by atoms with E-state index < -0.39 is 10.0 Å². The molecule has 0 bridgehead atoms. The lowest BCUT2D eigenvalue weighted by molar-refractivity contribution is 0.0797. The van der Waals surface area contributed by atoms with Crippen LogP contribution >= 0.6 is 11.3 Å². The number of anilines is 1. The molecule has 1 saturated heterocycles. The van der Waals surface area contributed by atoms with E-state index in [1.54, 1.807) is 17.0 Å². The molecule has 1 amide bonds. The van der Waals surface area contributed by atoms with Gasteiger partial charge in [-0.3, -0.25) is 9.52 Å². The van der Waals surface area contributed by atoms with Crippen LogP contribution in [-0.4, -0.2) is 32.3 Å². The van der Waals surface area contributed by atoms with Crippen molar-refractivity contribution < 1.29 is 13.2 Å². The number of aryl methyl sites for hydroxylation is 1. The van der Waals surface area contributed by atoms with Crippen LogP contribution in [0.25, 0.3) is 0 Å². The van der Waals surface area contributed by atoms with Crippen molar-refractivity contribution in [2.24, 2.45) is 0 Å². The summed E-state index contributed by atoms with van der Waals surface area (Å²) in [6.07, 6.45) is 2.86. The van der Waals surface area contributed by atoms with Crippen molar-refractivity contribution in [2.45, 2.75) is 30.4 Å². The number of hydrogen-bond donors (Lipinski definition) is 1. The van der Waals surface area contributed by atoms with Gasteiger partial charge in [-0.25, -0.2) is 8.42 Å². The van der Waals surface area contributed by atoms with Crippen molar-refractivity contribution in [2.75, 3.05) is 17.8 Å². The number of amides is 1. The Morgan fingerprint density at radius 1 is 1.21 bits per heavy atom. The van der Waals surface area contributed by atoms with Gasteiger partial charge >= 0.3 is 0 Å². The second-order valence-electron chi connectivity index (χ2n) is 5.78. The van der Waals surface area contributed by atoms with Gasteiger partial charge in [0.05, 0.1) is 4.88 Å². The second-order valence-corrected chi connectivity index (χ2v) is 8.77. The van der Waals surface area contributed by atoms with E-state index in [9.17, 15) is 13.2 Å². The van der Waals surface area contributed by atoms with Gasteiger partial charge in [0.2, 0.25) is 0 Å². The summed E-state index contributed by atoms with van der Waals surface area (Å²) in [6, 6.07) is 10.4. The lowest BCUT2D eigenvalue weighted by Crippen LogP contribution is -2.26. The van der Waals surface area contributed by atoms with E-state index >= 15 is 0 Å². The van der Waals surface area contributed by atoms with Gasteiger partial charge in [0.1, 0.15) is 4.21 Å². The zero-order chi connectivity index (χ0) is 17.2. The molecule has 0 spiro atoms. The summed E-state index contributed by atoms with van der Waals surface area (Å²) in [4.78, 5) is 14.6. The molecule has 2 aromatic rings. The minimum atomic E-state index is -3.68. The first-order chi connectivity index (χ1) is 11.5. The molecular formula is C17H20N2O3S2. The van der Waals surface area contributed by atoms with E-state index in [1.807, 2.05) is 25.1 Å². The van der Waals surface area contributed by atoms with Gasteiger partial charge in [0.15, 0.2) is 0 Å². The number of nitrogens with zero attached hydrogens (tertiary/aromatic N) is 1. The number of likely N-dealkylation sites (tertiary alicyclic amines) is 1. The SMILES string of the molecule is CCc1cccc(NS(=O)(=O)c2ccc(C(=O)N3CCCC3)s2)c1. The lowest BCUT2D eigenvalue weighted by Gasteiger charge is -2.13. The van der Waals surface area contributed by atoms with E-state index in [1.165, 1.54) is 6.07 Å². The molecule has 0 unspecified atom stereocenters. The Morgan fingerprint density at radius 2 is 1.96 bits per heavy atom. The average Bonchev–Trinajstić information content (AvgIpc) is 3.26. The van der Waals surface area contributed by atoms with Crippen LogP contribution in [0.5, 0.6) is 0 Å². The summed E-state index contributed by atoms with van der Waals surface area (Å²) < 4.78 is 27.8. The van der Waals surface area contributed by atoms with Gasteiger partial charge in [-0.1, -0.05) is 19.1 Å². The number of thiophene rings is 1. The van der Waals surface area contributed by atoms with Crippen molar-refractivity contribution in [3.05, 3.63) is 46.8 Å². The molecule has 3 rings (SSSR count). The Kier molecular flexibility index (Phi) is 4.91. The Hall–Kier alpha value is -1.86. The Labute approximate surface area is 146 Å². The minimum Gasteiger partial charge on any atom is -0.338 e. The van der Waals surface area contributed by atoms with E-state index in [0.717, 1.165) is 49.3 Å². The van der Waals surface area contributed by atoms with Gasteiger partial charge in [-0.15, -0.1) is 11.3 Å². The molecule has 128 valence electrons. The smallest absolute Gasteiger partial charge is 0.271 e. The third-order valence-corrected chi connectivity index (χ3v) is 6.98. The third kappa shape index (κ3) is 3.62. The number of hydrogen-bond acceptors (Lipinski definition) is 4. The van der Waals surface area contributed by atoms with E-state index in [-0.39, 0.29) is 10.1 Å². The van der Waals surface area contributed by atoms with Crippen molar-refractivity contribution >= 4 is 33.0 Å². The number of carbonyl (C=O) groups excluding carboxylic acids is 1. The fourth-order valence-electron chi connectivity index (χ4n) is 2.72. The average molecular weight is 364 g/mol. The van der Waals surface area contributed by atoms with Crippen molar-refractivity contribution in [3.8, 4) is 0 Å². The topological polar surface area (TPSA) is 66.5 Å². The summed E-state index contributed by atoms with van der Waals surface area (Å²) in [5, 5.41) is 0. The summed E-state index contributed by atoms with van der Waals surface area (Å²) >= 11 is 1.02. The Morgan fingerprint density at radius 3 is 2.67 bits per heavy atom. The molecule has 5 nitrogen and oxygen atoms in total. The first-order valence-electron chi connectivity index (χ1n) is 8.00. The predicted octanol–water partition coefficient (Wildman–Crippen LogP) is 3.35. The maximum Gasteiger partial charge on any atom is 0.271 e. The molecule has 1 aromatic carbocycles. The maximum atomic E-state index is 12.5. The van der Waals surface area contributed by atoms with Crippen LogP contribution in [-0.2, 0) is 16.4 Å². The van der Waals surface area contributed by atoms with Crippen molar-refractivity contribution in [1.82, 2.24) is 4.90 Å². The molecule has 1 aliphatic rings. The van der Waals surface area contributed by atoms with E-state index in [2.05, 4.69) is 4.72 Å². The number of carbonyl (C=O) groups is 1. The highest BCUT2D eigenvalue weighted by Crippen LogP contribution is 2.26. The summed E-state index contributed by atoms with van der Waals surface area (Å²) in [5.74, 6) is -0.0769. The van der Waals surface area contributed by atoms with Crippen LogP contribution in [0.1, 0.15) is 35.0 Å². The molecule has 0 atom stereocenters. The van der Waals surface area contributed by atoms with Crippen LogP contribution in [0.3, 0.4) is 0 Å². The maximum absolute atomic E-state index is 12.5. The molecule has 1 fully saturated rings. The molecule has 24 heavy (non-hydrogen) atoms. The zero-order valence-corrected chi connectivity index (χ0v) is 15.1. The summed E-state index contributed by atoms with van der Waals surface area (Å²) in [7, 11) is -3.68. The van der Waals surface area contributed by atoms with Crippen LogP contribution in [0.2, 0.25) is 0 Å². The molecule has 0 radical (unpaired) electrons. The first kappa shape index (κ1) is 17.0. The standard InChI is InChI=1S/C17H20N2O3S2/c1-2-13-6-5-7-14(12-13)18-24(21,22)16-9-8-15(23-16)17(20)19-10-3-4-11-19/h5-9,12,18H,2-4,10-11H2,1H3. The molecule has 2 heterocycles. The number of nitrogens with one attached hydrogen (secondary N) is 1. The molecule has 7 heteroatoms. The summed E-state index contributed by atoms with van der Waals surface area (Å²) in [5.41, 5.74) is 1.60. The number of sulfonamides is 1. The fraction of sp³-hybridized carbons (Fsp3) is 0.353. The van der Waals surface area contributed by atoms with Gasteiger partial charge in [0.25, 0.3) is 15.9 Å². The van der Waals surface area contributed by atoms with E-state index in [0.29, 0.717) is 10.6 Å². The van der Waals surface area contributed by atoms with Gasteiger partial charge < -0.3 is 4.90 Å². The second kappa shape index (κ2) is 6.94. The minimum absolute atomic E-state index is 0.0769. The fourth-order valence-corrected chi connectivity index (χ4v) is 5.04. The molecule has 1 N–H and O–H groups in total. The molecular weight excluding hydrogens is 344 g/mol. The van der Waals surface area contributed by atoms with Gasteiger partial charge in [-0.05, 0) is 49.1 Å². The van der Waals surface area contributed by atoms with E-state index in [4.69, 9.17) is 0 Å². The lowest BCUT2D eigenvalue weighted by atomic mass is 10.1. The predicted molar refractivity (Wildman–Crippen MR) is 96.1 cm³/mol. The largest absolute Gasteiger partial charge is 0.338 e. The van der Waals surface area contributed by atoms with Crippen molar-refractivity contribution in [3.63, 3.8) is 0 Å². The quantitative estimate of drug-likeness (QED) is 0.885.